The normalized spacial score (nSPS) is 19.7. The molecule has 472 valence electrons. The van der Waals surface area contributed by atoms with Gasteiger partial charge in [-0.05, 0) is 133 Å². The van der Waals surface area contributed by atoms with E-state index in [0.29, 0.717) is 35.1 Å². The molecule has 0 radical (unpaired) electrons. The Morgan fingerprint density at radius 3 is 1.87 bits per heavy atom. The largest absolute Gasteiger partial charge is 0.497 e. The first-order chi connectivity index (χ1) is 44.4. The van der Waals surface area contributed by atoms with Gasteiger partial charge in [0.25, 0.3) is 10.0 Å². The van der Waals surface area contributed by atoms with Crippen LogP contribution in [0.1, 0.15) is 82.1 Å². The first kappa shape index (κ1) is 62.1. The van der Waals surface area contributed by atoms with Crippen molar-refractivity contribution in [1.82, 2.24) is 19.4 Å². The number of piperidine rings is 2. The molecule has 6 atom stereocenters. The minimum Gasteiger partial charge on any atom is -0.497 e. The Labute approximate surface area is 532 Å². The molecule has 1 N–H and O–H groups in total. The summed E-state index contributed by atoms with van der Waals surface area (Å²) in [5.41, 5.74) is 8.66. The van der Waals surface area contributed by atoms with E-state index in [1.165, 1.54) is 68.7 Å². The number of methoxy groups -OCH3 is 6. The number of carbonyl (C=O) groups excluding carboxylic acids is 2. The number of fused-ring (bicyclic) bond motifs is 6. The second-order valence-electron chi connectivity index (χ2n) is 23.7. The van der Waals surface area contributed by atoms with E-state index in [0.717, 1.165) is 72.7 Å². The van der Waals surface area contributed by atoms with Crippen molar-refractivity contribution in [3.05, 3.63) is 228 Å². The van der Waals surface area contributed by atoms with Crippen molar-refractivity contribution >= 4 is 44.2 Å². The molecule has 18 heteroatoms. The predicted octanol–water partition coefficient (Wildman–Crippen LogP) is 12.3. The highest BCUT2D eigenvalue weighted by Gasteiger charge is 2.55. The van der Waals surface area contributed by atoms with Crippen LogP contribution in [0.25, 0.3) is 10.9 Å². The molecule has 3 fully saturated rings. The first-order valence-electron chi connectivity index (χ1n) is 31.1. The van der Waals surface area contributed by atoms with Crippen LogP contribution in [0, 0.1) is 17.8 Å². The molecule has 1 aliphatic carbocycles. The zero-order valence-electron chi connectivity index (χ0n) is 52.3. The van der Waals surface area contributed by atoms with Gasteiger partial charge in [0.1, 0.15) is 23.5 Å². The molecule has 7 aromatic carbocycles. The smallest absolute Gasteiger partial charge is 0.338 e. The molecule has 9 aromatic rings. The van der Waals surface area contributed by atoms with E-state index in [1.54, 1.807) is 50.6 Å². The van der Waals surface area contributed by atoms with E-state index in [9.17, 15) is 18.0 Å². The molecule has 13 rings (SSSR count). The fourth-order valence-electron chi connectivity index (χ4n) is 14.5. The number of esters is 2. The van der Waals surface area contributed by atoms with Crippen LogP contribution in [-0.2, 0) is 47.5 Å². The number of rotatable bonds is 18. The van der Waals surface area contributed by atoms with Crippen molar-refractivity contribution in [3.63, 3.8) is 0 Å². The molecule has 1 saturated carbocycles. The van der Waals surface area contributed by atoms with Crippen LogP contribution in [0.2, 0.25) is 0 Å². The Bertz CT molecular complexity index is 3950. The number of nitrogens with zero attached hydrogens (tertiary/aromatic N) is 5. The Morgan fingerprint density at radius 1 is 0.681 bits per heavy atom. The SMILES string of the molecule is COC(=O)[C@H]1[C@H]2C[C@@H]3c4[nH]c5cc(OC)ccc5c4CCN3C[C@H]2C[C@@H](OC(=O)c2cc(OC)c(OC)c(OC)c2)[C@@H]1OC.O=S(=O)(c1ccccc1)N(Cc1cn(C(c2ccccc2)(c2ccccc2)c2ccccc2)cn1)c1ccc(N2CCCCC2)cc1. The van der Waals surface area contributed by atoms with Crippen LogP contribution in [0.5, 0.6) is 23.0 Å². The Kier molecular flexibility index (Phi) is 18.5. The van der Waals surface area contributed by atoms with Gasteiger partial charge in [-0.15, -0.1) is 0 Å². The summed E-state index contributed by atoms with van der Waals surface area (Å²) in [6.07, 6.45) is 8.34. The Balaban J connectivity index is 0.000000176. The molecular weight excluding hydrogens is 1170 g/mol. The average Bonchev–Trinajstić information content (AvgIpc) is 1.81. The summed E-state index contributed by atoms with van der Waals surface area (Å²) >= 11 is 0. The van der Waals surface area contributed by atoms with Gasteiger partial charge in [-0.25, -0.2) is 18.2 Å². The van der Waals surface area contributed by atoms with E-state index in [4.69, 9.17) is 38.1 Å². The van der Waals surface area contributed by atoms with Gasteiger partial charge in [0.05, 0.1) is 82.2 Å². The lowest BCUT2D eigenvalue weighted by molar-refractivity contribution is -0.176. The fourth-order valence-corrected chi connectivity index (χ4v) is 16.0. The molecule has 4 aliphatic rings. The summed E-state index contributed by atoms with van der Waals surface area (Å²) in [6.45, 7) is 3.80. The van der Waals surface area contributed by atoms with Crippen molar-refractivity contribution in [2.75, 3.05) is 78.0 Å². The fraction of sp³-hybridized carbons (Fsp3) is 0.329. The lowest BCUT2D eigenvalue weighted by Gasteiger charge is -2.52. The number of aromatic amines is 1. The highest BCUT2D eigenvalue weighted by atomic mass is 32.2. The number of nitrogens with one attached hydrogen (secondary N) is 1. The Morgan fingerprint density at radius 2 is 1.30 bits per heavy atom. The maximum absolute atomic E-state index is 14.3. The summed E-state index contributed by atoms with van der Waals surface area (Å²) in [4.78, 5) is 40.6. The van der Waals surface area contributed by atoms with Gasteiger partial charge in [-0.3, -0.25) is 14.0 Å². The average molecular weight is 1250 g/mol. The number of imidazole rings is 1. The van der Waals surface area contributed by atoms with E-state index < -0.39 is 39.7 Å². The minimum absolute atomic E-state index is 0.0170. The van der Waals surface area contributed by atoms with Crippen LogP contribution in [0.4, 0.5) is 11.4 Å². The third-order valence-electron chi connectivity index (χ3n) is 18.9. The van der Waals surface area contributed by atoms with Crippen molar-refractivity contribution in [1.29, 1.82) is 0 Å². The molecule has 0 spiro atoms. The summed E-state index contributed by atoms with van der Waals surface area (Å²) < 4.78 is 71.3. The van der Waals surface area contributed by atoms with Crippen molar-refractivity contribution < 1.29 is 51.2 Å². The van der Waals surface area contributed by atoms with Gasteiger partial charge in [-0.1, -0.05) is 109 Å². The molecule has 17 nitrogen and oxygen atoms in total. The summed E-state index contributed by atoms with van der Waals surface area (Å²) in [7, 11) is 5.20. The first-order valence-corrected chi connectivity index (χ1v) is 32.5. The molecule has 0 bridgehead atoms. The van der Waals surface area contributed by atoms with Crippen LogP contribution >= 0.6 is 0 Å². The molecule has 0 amide bonds. The van der Waals surface area contributed by atoms with Crippen LogP contribution < -0.4 is 28.2 Å². The van der Waals surface area contributed by atoms with E-state index in [2.05, 4.69) is 98.2 Å². The third-order valence-corrected chi connectivity index (χ3v) is 20.6. The standard InChI is InChI=1S/C40H38N4O2S.C33H40N2O9/c45-47(46,39-22-12-4-13-23-39)44(38-26-24-37(25-27-38)42-28-14-5-15-29-42)31-36-30-43(32-41-36)40(33-16-6-1-7-17-33,34-18-8-2-9-19-34)35-20-10-3-11-21-35;1-38-19-7-8-20-21-9-10-35-16-18-13-27(44-32(36)17-11-25(39-2)30(41-4)26(12-17)40-3)31(42-5)28(33(37)43-6)22(18)15-24(35)29(21)34-23(20)14-19/h1-4,6-13,16-27,30,32H,5,14-15,28-29,31H2;7-8,11-12,14,18,22,24,27-28,31,34H,9-10,13,15-16H2,1-6H3/t;18-,22+,24-,27-,28+,31+/m.1/s1. The zero-order chi connectivity index (χ0) is 63.2. The molecule has 2 aromatic heterocycles. The maximum atomic E-state index is 14.3. The van der Waals surface area contributed by atoms with E-state index >= 15 is 0 Å². The van der Waals surface area contributed by atoms with Crippen LogP contribution in [-0.4, -0.2) is 121 Å². The number of carbonyl (C=O) groups is 2. The van der Waals surface area contributed by atoms with Crippen LogP contribution in [0.3, 0.4) is 0 Å². The number of benzene rings is 7. The van der Waals surface area contributed by atoms with Crippen molar-refractivity contribution in [3.8, 4) is 23.0 Å². The van der Waals surface area contributed by atoms with Crippen molar-refractivity contribution in [2.45, 2.75) is 73.8 Å². The van der Waals surface area contributed by atoms with Gasteiger partial charge >= 0.3 is 11.9 Å². The second kappa shape index (κ2) is 27.2. The van der Waals surface area contributed by atoms with Crippen molar-refractivity contribution in [2.24, 2.45) is 17.8 Å². The lowest BCUT2D eigenvalue weighted by Crippen LogP contribution is -2.58. The second-order valence-corrected chi connectivity index (χ2v) is 25.5. The molecular formula is C73H78N6O11S. The lowest BCUT2D eigenvalue weighted by atomic mass is 9.63. The minimum atomic E-state index is -3.90. The Hall–Kier alpha value is -9.10. The predicted molar refractivity (Wildman–Crippen MR) is 350 cm³/mol. The topological polar surface area (TPSA) is 176 Å². The monoisotopic (exact) mass is 1250 g/mol. The number of aromatic nitrogens is 3. The van der Waals surface area contributed by atoms with E-state index in [1.807, 2.05) is 73.2 Å². The number of hydrogen-bond acceptors (Lipinski definition) is 14. The summed E-state index contributed by atoms with van der Waals surface area (Å²) in [5, 5.41) is 1.21. The molecule has 0 unspecified atom stereocenters. The number of anilines is 2. The maximum Gasteiger partial charge on any atom is 0.338 e. The molecule has 91 heavy (non-hydrogen) atoms. The van der Waals surface area contributed by atoms with Crippen LogP contribution in [0.15, 0.2) is 193 Å². The van der Waals surface area contributed by atoms with Gasteiger partial charge in [0.15, 0.2) is 11.5 Å². The molecule has 2 saturated heterocycles. The highest BCUT2D eigenvalue weighted by molar-refractivity contribution is 7.92. The number of hydrogen-bond donors (Lipinski definition) is 1. The zero-order valence-corrected chi connectivity index (χ0v) is 53.1. The van der Waals surface area contributed by atoms with Gasteiger partial charge in [-0.2, -0.15) is 0 Å². The third kappa shape index (κ3) is 12.1. The van der Waals surface area contributed by atoms with E-state index in [-0.39, 0.29) is 40.9 Å². The quantitative estimate of drug-likeness (QED) is 0.0634. The molecule has 3 aliphatic heterocycles. The van der Waals surface area contributed by atoms with Gasteiger partial charge < -0.3 is 47.6 Å². The molecule has 5 heterocycles. The number of sulfonamides is 1. The summed E-state index contributed by atoms with van der Waals surface area (Å²) in [5.74, 6) is 0.441. The summed E-state index contributed by atoms with van der Waals surface area (Å²) in [6, 6.07) is 57.1. The highest BCUT2D eigenvalue weighted by Crippen LogP contribution is 2.51. The number of ether oxygens (including phenoxy) is 7. The van der Waals surface area contributed by atoms with Gasteiger partial charge in [0, 0.05) is 67.8 Å². The van der Waals surface area contributed by atoms with Gasteiger partial charge in [0.2, 0.25) is 5.75 Å². The number of H-pyrrole nitrogens is 1.